The Balaban J connectivity index is 2.78. The number of amides is 1. The SMILES string of the molecule is CCC(CCCl)NC(=O)c1cc(Br)ccc1Br. The van der Waals surface area contributed by atoms with Crippen molar-refractivity contribution >= 4 is 49.4 Å². The smallest absolute Gasteiger partial charge is 0.252 e. The molecule has 1 unspecified atom stereocenters. The fourth-order valence-electron chi connectivity index (χ4n) is 1.44. The van der Waals surface area contributed by atoms with Crippen molar-refractivity contribution in [2.45, 2.75) is 25.8 Å². The number of alkyl halides is 1. The van der Waals surface area contributed by atoms with E-state index < -0.39 is 0 Å². The zero-order valence-electron chi connectivity index (χ0n) is 9.47. The second-order valence-electron chi connectivity index (χ2n) is 3.68. The van der Waals surface area contributed by atoms with Gasteiger partial charge in [-0.3, -0.25) is 4.79 Å². The fraction of sp³-hybridized carbons (Fsp3) is 0.417. The maximum Gasteiger partial charge on any atom is 0.252 e. The molecule has 1 aromatic rings. The molecule has 0 aliphatic heterocycles. The van der Waals surface area contributed by atoms with Gasteiger partial charge in [0, 0.05) is 20.9 Å². The van der Waals surface area contributed by atoms with Crippen LogP contribution in [-0.2, 0) is 0 Å². The molecule has 0 aromatic heterocycles. The second-order valence-corrected chi connectivity index (χ2v) is 5.83. The predicted molar refractivity (Wildman–Crippen MR) is 78.7 cm³/mol. The van der Waals surface area contributed by atoms with Crippen molar-refractivity contribution in [3.8, 4) is 0 Å². The van der Waals surface area contributed by atoms with E-state index in [0.29, 0.717) is 11.4 Å². The average Bonchev–Trinajstić information content (AvgIpc) is 2.31. The molecule has 0 radical (unpaired) electrons. The molecule has 94 valence electrons. The van der Waals surface area contributed by atoms with Gasteiger partial charge in [-0.1, -0.05) is 22.9 Å². The highest BCUT2D eigenvalue weighted by molar-refractivity contribution is 9.11. The number of hydrogen-bond donors (Lipinski definition) is 1. The van der Waals surface area contributed by atoms with Gasteiger partial charge < -0.3 is 5.32 Å². The van der Waals surface area contributed by atoms with E-state index in [1.165, 1.54) is 0 Å². The first-order valence-corrected chi connectivity index (χ1v) is 7.52. The molecule has 0 aliphatic carbocycles. The molecular weight excluding hydrogens is 369 g/mol. The molecule has 1 aromatic carbocycles. The second kappa shape index (κ2) is 7.39. The maximum atomic E-state index is 12.1. The molecule has 17 heavy (non-hydrogen) atoms. The lowest BCUT2D eigenvalue weighted by Gasteiger charge is -2.16. The van der Waals surface area contributed by atoms with Crippen LogP contribution in [-0.4, -0.2) is 17.8 Å². The molecule has 0 saturated heterocycles. The normalized spacial score (nSPS) is 12.2. The van der Waals surface area contributed by atoms with Crippen LogP contribution in [0.3, 0.4) is 0 Å². The predicted octanol–water partition coefficient (Wildman–Crippen LogP) is 4.35. The standard InChI is InChI=1S/C12H14Br2ClNO/c1-2-9(5-6-15)16-12(17)10-7-8(13)3-4-11(10)14/h3-4,7,9H,2,5-6H2,1H3,(H,16,17). The Hall–Kier alpha value is -0.0600. The lowest BCUT2D eigenvalue weighted by atomic mass is 10.1. The Morgan fingerprint density at radius 1 is 1.47 bits per heavy atom. The minimum Gasteiger partial charge on any atom is -0.349 e. The minimum absolute atomic E-state index is 0.0739. The summed E-state index contributed by atoms with van der Waals surface area (Å²) < 4.78 is 1.68. The maximum absolute atomic E-state index is 12.1. The average molecular weight is 384 g/mol. The van der Waals surface area contributed by atoms with Gasteiger partial charge in [-0.2, -0.15) is 0 Å². The van der Waals surface area contributed by atoms with Gasteiger partial charge in [0.25, 0.3) is 5.91 Å². The summed E-state index contributed by atoms with van der Waals surface area (Å²) in [5, 5.41) is 2.98. The topological polar surface area (TPSA) is 29.1 Å². The molecule has 2 nitrogen and oxygen atoms in total. The van der Waals surface area contributed by atoms with E-state index >= 15 is 0 Å². The van der Waals surface area contributed by atoms with E-state index in [9.17, 15) is 4.79 Å². The quantitative estimate of drug-likeness (QED) is 0.753. The molecule has 1 N–H and O–H groups in total. The van der Waals surface area contributed by atoms with E-state index in [2.05, 4.69) is 37.2 Å². The van der Waals surface area contributed by atoms with Crippen molar-refractivity contribution in [3.05, 3.63) is 32.7 Å². The van der Waals surface area contributed by atoms with Crippen molar-refractivity contribution in [1.82, 2.24) is 5.32 Å². The summed E-state index contributed by atoms with van der Waals surface area (Å²) in [4.78, 5) is 12.1. The van der Waals surface area contributed by atoms with E-state index in [0.717, 1.165) is 21.8 Å². The largest absolute Gasteiger partial charge is 0.349 e. The molecule has 0 saturated carbocycles. The minimum atomic E-state index is -0.0739. The Kier molecular flexibility index (Phi) is 6.52. The van der Waals surface area contributed by atoms with Crippen LogP contribution in [0, 0.1) is 0 Å². The first-order valence-electron chi connectivity index (χ1n) is 5.40. The van der Waals surface area contributed by atoms with Crippen LogP contribution in [0.15, 0.2) is 27.1 Å². The van der Waals surface area contributed by atoms with Crippen molar-refractivity contribution in [1.29, 1.82) is 0 Å². The van der Waals surface area contributed by atoms with Crippen molar-refractivity contribution in [3.63, 3.8) is 0 Å². The third-order valence-corrected chi connectivity index (χ3v) is 3.86. The molecule has 1 atom stereocenters. The van der Waals surface area contributed by atoms with Gasteiger partial charge in [0.05, 0.1) is 5.56 Å². The summed E-state index contributed by atoms with van der Waals surface area (Å²) in [6.45, 7) is 2.04. The molecule has 0 spiro atoms. The van der Waals surface area contributed by atoms with Gasteiger partial charge in [-0.15, -0.1) is 11.6 Å². The van der Waals surface area contributed by atoms with Crippen molar-refractivity contribution in [2.75, 3.05) is 5.88 Å². The zero-order valence-corrected chi connectivity index (χ0v) is 13.4. The summed E-state index contributed by atoms with van der Waals surface area (Å²) >= 11 is 12.4. The molecule has 1 rings (SSSR count). The Bertz CT molecular complexity index is 398. The Labute approximate surface area is 123 Å². The van der Waals surface area contributed by atoms with Crippen LogP contribution >= 0.6 is 43.5 Å². The number of nitrogens with one attached hydrogen (secondary N) is 1. The number of benzene rings is 1. The third-order valence-electron chi connectivity index (χ3n) is 2.46. The summed E-state index contributed by atoms with van der Waals surface area (Å²) in [6, 6.07) is 5.66. The lowest BCUT2D eigenvalue weighted by molar-refractivity contribution is 0.0934. The van der Waals surface area contributed by atoms with Crippen LogP contribution in [0.25, 0.3) is 0 Å². The lowest BCUT2D eigenvalue weighted by Crippen LogP contribution is -2.34. The van der Waals surface area contributed by atoms with Crippen molar-refractivity contribution < 1.29 is 4.79 Å². The molecule has 0 bridgehead atoms. The van der Waals surface area contributed by atoms with E-state index in [1.807, 2.05) is 19.1 Å². The number of hydrogen-bond acceptors (Lipinski definition) is 1. The molecule has 0 aliphatic rings. The first-order chi connectivity index (χ1) is 8.08. The first kappa shape index (κ1) is 15.0. The third kappa shape index (κ3) is 4.60. The number of carbonyl (C=O) groups excluding carboxylic acids is 1. The molecule has 5 heteroatoms. The number of rotatable bonds is 5. The van der Waals surface area contributed by atoms with Gasteiger partial charge in [0.15, 0.2) is 0 Å². The van der Waals surface area contributed by atoms with E-state index in [1.54, 1.807) is 6.07 Å². The van der Waals surface area contributed by atoms with Gasteiger partial charge in [-0.05, 0) is 47.0 Å². The molecular formula is C12H14Br2ClNO. The summed E-state index contributed by atoms with van der Waals surface area (Å²) in [5.74, 6) is 0.480. The molecule has 0 heterocycles. The van der Waals surface area contributed by atoms with Gasteiger partial charge in [-0.25, -0.2) is 0 Å². The van der Waals surface area contributed by atoms with Gasteiger partial charge >= 0.3 is 0 Å². The molecule has 0 fully saturated rings. The van der Waals surface area contributed by atoms with Gasteiger partial charge in [0.1, 0.15) is 0 Å². The Morgan fingerprint density at radius 3 is 2.76 bits per heavy atom. The van der Waals surface area contributed by atoms with Crippen LogP contribution < -0.4 is 5.32 Å². The summed E-state index contributed by atoms with van der Waals surface area (Å²) in [6.07, 6.45) is 1.67. The van der Waals surface area contributed by atoms with Gasteiger partial charge in [0.2, 0.25) is 0 Å². The zero-order chi connectivity index (χ0) is 12.8. The number of halogens is 3. The molecule has 1 amide bonds. The van der Waals surface area contributed by atoms with Crippen LogP contribution in [0.2, 0.25) is 0 Å². The Morgan fingerprint density at radius 2 is 2.18 bits per heavy atom. The number of carbonyl (C=O) groups is 1. The summed E-state index contributed by atoms with van der Waals surface area (Å²) in [7, 11) is 0. The van der Waals surface area contributed by atoms with E-state index in [-0.39, 0.29) is 11.9 Å². The van der Waals surface area contributed by atoms with Crippen molar-refractivity contribution in [2.24, 2.45) is 0 Å². The van der Waals surface area contributed by atoms with Crippen LogP contribution in [0.1, 0.15) is 30.1 Å². The monoisotopic (exact) mass is 381 g/mol. The van der Waals surface area contributed by atoms with Crippen LogP contribution in [0.5, 0.6) is 0 Å². The highest BCUT2D eigenvalue weighted by Gasteiger charge is 2.14. The highest BCUT2D eigenvalue weighted by Crippen LogP contribution is 2.21. The van der Waals surface area contributed by atoms with E-state index in [4.69, 9.17) is 11.6 Å². The van der Waals surface area contributed by atoms with Crippen LogP contribution in [0.4, 0.5) is 0 Å². The highest BCUT2D eigenvalue weighted by atomic mass is 79.9. The fourth-order valence-corrected chi connectivity index (χ4v) is 2.50. The summed E-state index contributed by atoms with van der Waals surface area (Å²) in [5.41, 5.74) is 0.632.